The first-order valence-electron chi connectivity index (χ1n) is 11.4. The van der Waals surface area contributed by atoms with Gasteiger partial charge in [-0.15, -0.1) is 0 Å². The van der Waals surface area contributed by atoms with Crippen LogP contribution in [-0.2, 0) is 13.5 Å². The zero-order chi connectivity index (χ0) is 20.7. The van der Waals surface area contributed by atoms with Crippen LogP contribution >= 0.6 is 0 Å². The van der Waals surface area contributed by atoms with E-state index in [9.17, 15) is 4.39 Å². The molecule has 0 atom stereocenters. The van der Waals surface area contributed by atoms with Gasteiger partial charge in [0.15, 0.2) is 5.82 Å². The molecule has 0 amide bonds. The largest absolute Gasteiger partial charge is 0.351 e. The Balaban J connectivity index is 1.23. The Morgan fingerprint density at radius 3 is 2.50 bits per heavy atom. The Kier molecular flexibility index (Phi) is 5.45. The van der Waals surface area contributed by atoms with Crippen LogP contribution in [0.25, 0.3) is 11.3 Å². The van der Waals surface area contributed by atoms with Gasteiger partial charge >= 0.3 is 0 Å². The van der Waals surface area contributed by atoms with Crippen molar-refractivity contribution in [2.24, 2.45) is 18.7 Å². The number of nitrogens with one attached hydrogen (secondary N) is 2. The van der Waals surface area contributed by atoms with Crippen LogP contribution in [0.4, 0.5) is 10.3 Å². The third-order valence-electron chi connectivity index (χ3n) is 6.95. The highest BCUT2D eigenvalue weighted by Crippen LogP contribution is 2.36. The molecule has 0 radical (unpaired) electrons. The molecule has 3 aliphatic rings. The number of aromatic nitrogens is 4. The number of anilines is 1. The second kappa shape index (κ2) is 8.23. The molecule has 162 valence electrons. The zero-order valence-corrected chi connectivity index (χ0v) is 17.6. The van der Waals surface area contributed by atoms with Gasteiger partial charge in [0, 0.05) is 42.5 Å². The summed E-state index contributed by atoms with van der Waals surface area (Å²) in [7, 11) is 1.92. The van der Waals surface area contributed by atoms with Crippen LogP contribution in [0.3, 0.4) is 0 Å². The molecule has 3 aliphatic carbocycles. The predicted octanol–water partition coefficient (Wildman–Crippen LogP) is 2.77. The highest BCUT2D eigenvalue weighted by molar-refractivity contribution is 5.63. The fourth-order valence-electron chi connectivity index (χ4n) is 4.84. The number of hydrogen-bond acceptors (Lipinski definition) is 6. The van der Waals surface area contributed by atoms with Crippen molar-refractivity contribution in [2.75, 3.05) is 5.32 Å². The van der Waals surface area contributed by atoms with E-state index < -0.39 is 5.82 Å². The normalized spacial score (nSPS) is 28.9. The van der Waals surface area contributed by atoms with E-state index in [2.05, 4.69) is 25.7 Å². The highest BCUT2D eigenvalue weighted by Gasteiger charge is 2.30. The van der Waals surface area contributed by atoms with Gasteiger partial charge in [-0.25, -0.2) is 14.4 Å². The van der Waals surface area contributed by atoms with Gasteiger partial charge < -0.3 is 16.4 Å². The van der Waals surface area contributed by atoms with Crippen molar-refractivity contribution in [1.29, 1.82) is 0 Å². The van der Waals surface area contributed by atoms with Gasteiger partial charge in [-0.1, -0.05) is 0 Å². The van der Waals surface area contributed by atoms with E-state index in [1.54, 1.807) is 6.20 Å². The zero-order valence-electron chi connectivity index (χ0n) is 17.6. The molecule has 0 spiro atoms. The predicted molar refractivity (Wildman–Crippen MR) is 114 cm³/mol. The first-order chi connectivity index (χ1) is 14.5. The molecule has 0 unspecified atom stereocenters. The third kappa shape index (κ3) is 4.34. The fourth-order valence-corrected chi connectivity index (χ4v) is 4.84. The minimum absolute atomic E-state index is 0.324. The summed E-state index contributed by atoms with van der Waals surface area (Å²) in [6.45, 7) is 0. The highest BCUT2D eigenvalue weighted by atomic mass is 19.1. The van der Waals surface area contributed by atoms with Crippen molar-refractivity contribution in [2.45, 2.75) is 82.0 Å². The molecule has 0 bridgehead atoms. The van der Waals surface area contributed by atoms with E-state index in [-0.39, 0.29) is 0 Å². The van der Waals surface area contributed by atoms with E-state index >= 15 is 0 Å². The summed E-state index contributed by atoms with van der Waals surface area (Å²) in [6.07, 6.45) is 13.0. The maximum Gasteiger partial charge on any atom is 0.223 e. The molecular weight excluding hydrogens is 381 g/mol. The van der Waals surface area contributed by atoms with Crippen molar-refractivity contribution in [1.82, 2.24) is 25.1 Å². The second-order valence-corrected chi connectivity index (χ2v) is 9.45. The molecule has 0 saturated heterocycles. The van der Waals surface area contributed by atoms with Gasteiger partial charge in [0.05, 0.1) is 12.4 Å². The smallest absolute Gasteiger partial charge is 0.223 e. The summed E-state index contributed by atoms with van der Waals surface area (Å²) >= 11 is 0. The summed E-state index contributed by atoms with van der Waals surface area (Å²) < 4.78 is 16.5. The monoisotopic (exact) mass is 413 g/mol. The SMILES string of the molecule is Cn1ncc(-c2nc(NC3CCC(NC4CC(N)C4)CC3)ncc2F)c1CC1CC1. The average molecular weight is 414 g/mol. The van der Waals surface area contributed by atoms with Crippen LogP contribution in [0.5, 0.6) is 0 Å². The van der Waals surface area contributed by atoms with Crippen molar-refractivity contribution < 1.29 is 4.39 Å². The van der Waals surface area contributed by atoms with Crippen LogP contribution in [0.1, 0.15) is 57.1 Å². The number of rotatable bonds is 7. The molecule has 5 rings (SSSR count). The Hall–Kier alpha value is -2.06. The lowest BCUT2D eigenvalue weighted by atomic mass is 9.84. The number of halogens is 1. The topological polar surface area (TPSA) is 93.7 Å². The molecule has 3 saturated carbocycles. The fraction of sp³-hybridized carbons (Fsp3) is 0.682. The Morgan fingerprint density at radius 1 is 1.07 bits per heavy atom. The molecule has 0 aromatic carbocycles. The van der Waals surface area contributed by atoms with Crippen molar-refractivity contribution in [3.05, 3.63) is 23.9 Å². The molecule has 30 heavy (non-hydrogen) atoms. The first-order valence-corrected chi connectivity index (χ1v) is 11.4. The van der Waals surface area contributed by atoms with E-state index in [1.807, 2.05) is 11.7 Å². The minimum Gasteiger partial charge on any atom is -0.351 e. The van der Waals surface area contributed by atoms with Crippen molar-refractivity contribution in [3.63, 3.8) is 0 Å². The van der Waals surface area contributed by atoms with Gasteiger partial charge in [-0.2, -0.15) is 5.10 Å². The van der Waals surface area contributed by atoms with Crippen LogP contribution in [0.2, 0.25) is 0 Å². The summed E-state index contributed by atoms with van der Waals surface area (Å²) in [5.41, 5.74) is 8.09. The Morgan fingerprint density at radius 2 is 1.80 bits per heavy atom. The molecule has 2 aromatic rings. The van der Waals surface area contributed by atoms with Gasteiger partial charge in [0.2, 0.25) is 5.95 Å². The quantitative estimate of drug-likeness (QED) is 0.646. The molecule has 0 aliphatic heterocycles. The standard InChI is InChI=1S/C22H32FN7/c1-30-20(8-13-2-3-13)18(11-26-30)21-19(23)12-25-22(29-21)28-16-6-4-15(5-7-16)27-17-9-14(24)10-17/h11-17,27H,2-10,24H2,1H3,(H,25,28,29). The lowest BCUT2D eigenvalue weighted by molar-refractivity contribution is 0.236. The Labute approximate surface area is 177 Å². The van der Waals surface area contributed by atoms with Crippen LogP contribution in [0, 0.1) is 11.7 Å². The summed E-state index contributed by atoms with van der Waals surface area (Å²) in [5, 5.41) is 11.5. The van der Waals surface area contributed by atoms with E-state index in [0.717, 1.165) is 56.2 Å². The molecule has 2 aromatic heterocycles. The summed E-state index contributed by atoms with van der Waals surface area (Å²) in [6, 6.07) is 1.88. The number of nitrogens with two attached hydrogens (primary N) is 1. The summed E-state index contributed by atoms with van der Waals surface area (Å²) in [5.74, 6) is 0.812. The van der Waals surface area contributed by atoms with Gasteiger partial charge in [0.1, 0.15) is 5.69 Å². The number of aryl methyl sites for hydroxylation is 1. The number of nitrogens with zero attached hydrogens (tertiary/aromatic N) is 4. The van der Waals surface area contributed by atoms with E-state index in [0.29, 0.717) is 41.7 Å². The van der Waals surface area contributed by atoms with E-state index in [4.69, 9.17) is 5.73 Å². The second-order valence-electron chi connectivity index (χ2n) is 9.45. The number of hydrogen-bond donors (Lipinski definition) is 3. The molecule has 2 heterocycles. The molecule has 3 fully saturated rings. The minimum atomic E-state index is -0.391. The average Bonchev–Trinajstić information content (AvgIpc) is 3.46. The van der Waals surface area contributed by atoms with E-state index in [1.165, 1.54) is 19.0 Å². The molecule has 4 N–H and O–H groups in total. The summed E-state index contributed by atoms with van der Waals surface area (Å²) in [4.78, 5) is 8.77. The van der Waals surface area contributed by atoms with Crippen LogP contribution < -0.4 is 16.4 Å². The lowest BCUT2D eigenvalue weighted by Crippen LogP contribution is -2.52. The van der Waals surface area contributed by atoms with Crippen LogP contribution in [-0.4, -0.2) is 43.9 Å². The van der Waals surface area contributed by atoms with Crippen molar-refractivity contribution in [3.8, 4) is 11.3 Å². The first kappa shape index (κ1) is 19.9. The van der Waals surface area contributed by atoms with Gasteiger partial charge in [-0.3, -0.25) is 4.68 Å². The van der Waals surface area contributed by atoms with Crippen LogP contribution in [0.15, 0.2) is 12.4 Å². The Bertz CT molecular complexity index is 880. The molecular formula is C22H32FN7. The maximum atomic E-state index is 14.6. The molecule has 7 nitrogen and oxygen atoms in total. The third-order valence-corrected chi connectivity index (χ3v) is 6.95. The van der Waals surface area contributed by atoms with Gasteiger partial charge in [0.25, 0.3) is 0 Å². The van der Waals surface area contributed by atoms with Crippen molar-refractivity contribution >= 4 is 5.95 Å². The molecule has 8 heteroatoms. The lowest BCUT2D eigenvalue weighted by Gasteiger charge is -2.38. The van der Waals surface area contributed by atoms with Gasteiger partial charge in [-0.05, 0) is 63.7 Å². The maximum absolute atomic E-state index is 14.6.